The Balaban J connectivity index is 5.14. The van der Waals surface area contributed by atoms with E-state index in [2.05, 4.69) is 0 Å². The molecule has 0 aliphatic carbocycles. The number of hydrogen-bond donors (Lipinski definition) is 2. The highest BCUT2D eigenvalue weighted by molar-refractivity contribution is 5.80. The van der Waals surface area contributed by atoms with Gasteiger partial charge in [-0.05, 0) is 12.3 Å². The zero-order chi connectivity index (χ0) is 12.2. The van der Waals surface area contributed by atoms with Gasteiger partial charge in [-0.3, -0.25) is 9.59 Å². The largest absolute Gasteiger partial charge is 0.481 e. The molecule has 0 saturated carbocycles. The van der Waals surface area contributed by atoms with Gasteiger partial charge in [-0.15, -0.1) is 0 Å². The van der Waals surface area contributed by atoms with Crippen molar-refractivity contribution >= 4 is 11.9 Å². The van der Waals surface area contributed by atoms with Gasteiger partial charge in [0.2, 0.25) is 0 Å². The van der Waals surface area contributed by atoms with Gasteiger partial charge in [0.1, 0.15) is 0 Å². The molecule has 0 saturated heterocycles. The first-order valence-electron chi connectivity index (χ1n) is 4.83. The molecule has 0 aromatic heterocycles. The molecule has 0 aliphatic heterocycles. The number of carbonyl (C=O) groups is 2. The standard InChI is InChI=1S/C11H18O4/c1-5-6-11(3,4)8(10(14)15)7(2)9(12)13/h5-8H,1-4H3,(H,12,13)(H,14,15). The van der Waals surface area contributed by atoms with Gasteiger partial charge in [-0.2, -0.15) is 0 Å². The van der Waals surface area contributed by atoms with Gasteiger partial charge in [0, 0.05) is 0 Å². The minimum absolute atomic E-state index is 0.668. The smallest absolute Gasteiger partial charge is 0.308 e. The van der Waals surface area contributed by atoms with Gasteiger partial charge in [0.25, 0.3) is 0 Å². The monoisotopic (exact) mass is 214 g/mol. The lowest BCUT2D eigenvalue weighted by molar-refractivity contribution is -0.156. The lowest BCUT2D eigenvalue weighted by Gasteiger charge is -2.30. The van der Waals surface area contributed by atoms with Crippen LogP contribution in [0.3, 0.4) is 0 Å². The Morgan fingerprint density at radius 1 is 1.20 bits per heavy atom. The summed E-state index contributed by atoms with van der Waals surface area (Å²) in [5.41, 5.74) is -0.668. The molecule has 0 aromatic carbocycles. The molecule has 2 unspecified atom stereocenters. The summed E-state index contributed by atoms with van der Waals surface area (Å²) < 4.78 is 0. The minimum Gasteiger partial charge on any atom is -0.481 e. The van der Waals surface area contributed by atoms with Crippen molar-refractivity contribution in [1.82, 2.24) is 0 Å². The predicted molar refractivity (Wildman–Crippen MR) is 56.5 cm³/mol. The maximum atomic E-state index is 11.1. The molecule has 0 amide bonds. The summed E-state index contributed by atoms with van der Waals surface area (Å²) in [5.74, 6) is -3.99. The summed E-state index contributed by atoms with van der Waals surface area (Å²) in [4.78, 5) is 21.9. The molecule has 0 spiro atoms. The molecule has 2 atom stereocenters. The number of allylic oxidation sites excluding steroid dienone is 2. The van der Waals surface area contributed by atoms with Crippen molar-refractivity contribution in [3.05, 3.63) is 12.2 Å². The van der Waals surface area contributed by atoms with Crippen LogP contribution in [0, 0.1) is 17.3 Å². The number of aliphatic carboxylic acids is 2. The van der Waals surface area contributed by atoms with Crippen LogP contribution in [-0.4, -0.2) is 22.2 Å². The van der Waals surface area contributed by atoms with Crippen molar-refractivity contribution in [1.29, 1.82) is 0 Å². The first kappa shape index (κ1) is 13.7. The topological polar surface area (TPSA) is 74.6 Å². The molecule has 0 heterocycles. The van der Waals surface area contributed by atoms with Crippen LogP contribution < -0.4 is 0 Å². The third-order valence-corrected chi connectivity index (χ3v) is 2.55. The number of carboxylic acid groups (broad SMARTS) is 2. The van der Waals surface area contributed by atoms with Gasteiger partial charge in [-0.1, -0.05) is 32.9 Å². The van der Waals surface area contributed by atoms with Crippen LogP contribution in [0.25, 0.3) is 0 Å². The number of rotatable bonds is 5. The minimum atomic E-state index is -1.08. The molecule has 0 bridgehead atoms. The highest BCUT2D eigenvalue weighted by Gasteiger charge is 2.40. The fourth-order valence-corrected chi connectivity index (χ4v) is 1.85. The second kappa shape index (κ2) is 4.96. The molecule has 0 aliphatic rings. The maximum Gasteiger partial charge on any atom is 0.308 e. The molecule has 86 valence electrons. The SMILES string of the molecule is CC=CC(C)(C)C(C(=O)O)C(C)C(=O)O. The highest BCUT2D eigenvalue weighted by Crippen LogP contribution is 2.34. The third kappa shape index (κ3) is 3.38. The molecule has 4 heteroatoms. The van der Waals surface area contributed by atoms with Crippen LogP contribution in [0.1, 0.15) is 27.7 Å². The lowest BCUT2D eigenvalue weighted by atomic mass is 9.72. The Labute approximate surface area is 89.6 Å². The van der Waals surface area contributed by atoms with Crippen LogP contribution in [0.2, 0.25) is 0 Å². The quantitative estimate of drug-likeness (QED) is 0.686. The molecule has 15 heavy (non-hydrogen) atoms. The summed E-state index contributed by atoms with van der Waals surface area (Å²) in [5, 5.41) is 17.9. The predicted octanol–water partition coefficient (Wildman–Crippen LogP) is 2.01. The molecule has 0 rings (SSSR count). The molecule has 4 nitrogen and oxygen atoms in total. The van der Waals surface area contributed by atoms with E-state index in [0.717, 1.165) is 0 Å². The van der Waals surface area contributed by atoms with Crippen molar-refractivity contribution in [2.75, 3.05) is 0 Å². The Bertz CT molecular complexity index is 278. The van der Waals surface area contributed by atoms with Crippen molar-refractivity contribution in [3.63, 3.8) is 0 Å². The summed E-state index contributed by atoms with van der Waals surface area (Å²) in [7, 11) is 0. The van der Waals surface area contributed by atoms with E-state index in [1.54, 1.807) is 32.9 Å². The summed E-state index contributed by atoms with van der Waals surface area (Å²) in [6, 6.07) is 0. The van der Waals surface area contributed by atoms with E-state index in [9.17, 15) is 9.59 Å². The fraction of sp³-hybridized carbons (Fsp3) is 0.636. The van der Waals surface area contributed by atoms with E-state index in [0.29, 0.717) is 0 Å². The Morgan fingerprint density at radius 3 is 1.93 bits per heavy atom. The number of hydrogen-bond acceptors (Lipinski definition) is 2. The lowest BCUT2D eigenvalue weighted by Crippen LogP contribution is -2.38. The van der Waals surface area contributed by atoms with Gasteiger partial charge in [-0.25, -0.2) is 0 Å². The molecule has 0 radical (unpaired) electrons. The van der Waals surface area contributed by atoms with Crippen LogP contribution in [0.4, 0.5) is 0 Å². The molecular formula is C11H18O4. The van der Waals surface area contributed by atoms with E-state index in [1.807, 2.05) is 0 Å². The van der Waals surface area contributed by atoms with Crippen LogP contribution in [0.15, 0.2) is 12.2 Å². The van der Waals surface area contributed by atoms with Crippen molar-refractivity contribution in [3.8, 4) is 0 Å². The van der Waals surface area contributed by atoms with Crippen LogP contribution in [0.5, 0.6) is 0 Å². The van der Waals surface area contributed by atoms with E-state index < -0.39 is 29.2 Å². The van der Waals surface area contributed by atoms with Gasteiger partial charge >= 0.3 is 11.9 Å². The Morgan fingerprint density at radius 2 is 1.67 bits per heavy atom. The van der Waals surface area contributed by atoms with Gasteiger partial charge in [0.15, 0.2) is 0 Å². The third-order valence-electron chi connectivity index (χ3n) is 2.55. The molecule has 0 fully saturated rings. The highest BCUT2D eigenvalue weighted by atomic mass is 16.4. The van der Waals surface area contributed by atoms with Crippen LogP contribution in [-0.2, 0) is 9.59 Å². The van der Waals surface area contributed by atoms with Crippen LogP contribution >= 0.6 is 0 Å². The Kier molecular flexibility index (Phi) is 4.52. The Hall–Kier alpha value is -1.32. The summed E-state index contributed by atoms with van der Waals surface area (Å²) >= 11 is 0. The molecular weight excluding hydrogens is 196 g/mol. The average Bonchev–Trinajstić information content (AvgIpc) is 2.01. The zero-order valence-corrected chi connectivity index (χ0v) is 9.52. The fourth-order valence-electron chi connectivity index (χ4n) is 1.85. The second-order valence-corrected chi connectivity index (χ2v) is 4.26. The van der Waals surface area contributed by atoms with Crippen molar-refractivity contribution in [2.24, 2.45) is 17.3 Å². The van der Waals surface area contributed by atoms with E-state index in [-0.39, 0.29) is 0 Å². The first-order valence-corrected chi connectivity index (χ1v) is 4.83. The molecule has 0 aromatic rings. The van der Waals surface area contributed by atoms with Crippen molar-refractivity contribution in [2.45, 2.75) is 27.7 Å². The summed E-state index contributed by atoms with van der Waals surface area (Å²) in [6.45, 7) is 6.66. The van der Waals surface area contributed by atoms with E-state index >= 15 is 0 Å². The second-order valence-electron chi connectivity index (χ2n) is 4.26. The normalized spacial score (nSPS) is 16.3. The number of carboxylic acids is 2. The van der Waals surface area contributed by atoms with E-state index in [1.165, 1.54) is 6.92 Å². The zero-order valence-electron chi connectivity index (χ0n) is 9.52. The maximum absolute atomic E-state index is 11.1. The molecule has 2 N–H and O–H groups in total. The summed E-state index contributed by atoms with van der Waals surface area (Å²) in [6.07, 6.45) is 3.47. The van der Waals surface area contributed by atoms with Gasteiger partial charge < -0.3 is 10.2 Å². The van der Waals surface area contributed by atoms with E-state index in [4.69, 9.17) is 10.2 Å². The average molecular weight is 214 g/mol. The van der Waals surface area contributed by atoms with Crippen molar-refractivity contribution < 1.29 is 19.8 Å². The first-order chi connectivity index (χ1) is 6.74. The van der Waals surface area contributed by atoms with Gasteiger partial charge in [0.05, 0.1) is 11.8 Å².